The number of ether oxygens (including phenoxy) is 1. The zero-order chi connectivity index (χ0) is 18.3. The van der Waals surface area contributed by atoms with Crippen LogP contribution in [-0.2, 0) is 26.9 Å². The molecule has 24 heavy (non-hydrogen) atoms. The monoisotopic (exact) mass is 342 g/mol. The molecule has 1 N–H and O–H groups in total. The summed E-state index contributed by atoms with van der Waals surface area (Å²) in [6, 6.07) is 5.15. The van der Waals surface area contributed by atoms with Gasteiger partial charge in [0.05, 0.1) is 25.2 Å². The molecule has 1 amide bonds. The van der Waals surface area contributed by atoms with Crippen LogP contribution in [0, 0.1) is 17.2 Å². The normalized spacial score (nSPS) is 13.5. The molecule has 0 aliphatic carbocycles. The molecule has 0 bridgehead atoms. The molecule has 0 spiro atoms. The molecule has 1 rings (SSSR count). The van der Waals surface area contributed by atoms with Gasteiger partial charge in [-0.15, -0.1) is 0 Å². The van der Waals surface area contributed by atoms with Gasteiger partial charge in [0, 0.05) is 5.92 Å². The molecular formula is C16H17F3N2O3. The maximum atomic E-state index is 12.5. The fourth-order valence-electron chi connectivity index (χ4n) is 2.00. The number of rotatable bonds is 6. The Kier molecular flexibility index (Phi) is 6.77. The fourth-order valence-corrected chi connectivity index (χ4v) is 2.00. The molecule has 0 aliphatic rings. The quantitative estimate of drug-likeness (QED) is 0.806. The van der Waals surface area contributed by atoms with Crippen LogP contribution in [0.5, 0.6) is 0 Å². The Morgan fingerprint density at radius 3 is 2.33 bits per heavy atom. The average Bonchev–Trinajstić information content (AvgIpc) is 2.52. The lowest BCUT2D eigenvalue weighted by molar-refractivity contribution is -0.145. The predicted octanol–water partition coefficient (Wildman–Crippen LogP) is 2.46. The van der Waals surface area contributed by atoms with E-state index in [0.29, 0.717) is 5.56 Å². The van der Waals surface area contributed by atoms with Gasteiger partial charge in [-0.3, -0.25) is 4.79 Å². The van der Waals surface area contributed by atoms with Gasteiger partial charge in [-0.25, -0.2) is 4.79 Å². The summed E-state index contributed by atoms with van der Waals surface area (Å²) in [6.45, 7) is 1.60. The summed E-state index contributed by atoms with van der Waals surface area (Å²) in [5, 5.41) is 11.2. The van der Waals surface area contributed by atoms with Crippen molar-refractivity contribution < 1.29 is 27.5 Å². The van der Waals surface area contributed by atoms with Gasteiger partial charge in [-0.1, -0.05) is 12.1 Å². The van der Waals surface area contributed by atoms with Crippen LogP contribution in [-0.4, -0.2) is 25.0 Å². The Labute approximate surface area is 137 Å². The van der Waals surface area contributed by atoms with Gasteiger partial charge >= 0.3 is 12.1 Å². The second-order valence-corrected chi connectivity index (χ2v) is 5.28. The maximum Gasteiger partial charge on any atom is 0.416 e. The first-order valence-electron chi connectivity index (χ1n) is 7.10. The summed E-state index contributed by atoms with van der Waals surface area (Å²) in [7, 11) is 1.16. The number of carbonyl (C=O) groups excluding carboxylic acids is 2. The van der Waals surface area contributed by atoms with Crippen LogP contribution in [0.25, 0.3) is 0 Å². The number of methoxy groups -OCH3 is 1. The van der Waals surface area contributed by atoms with E-state index >= 15 is 0 Å². The molecule has 0 heterocycles. The smallest absolute Gasteiger partial charge is 0.416 e. The van der Waals surface area contributed by atoms with E-state index < -0.39 is 35.6 Å². The Hall–Kier alpha value is -2.56. The number of amides is 1. The van der Waals surface area contributed by atoms with Gasteiger partial charge in [0.25, 0.3) is 0 Å². The molecule has 130 valence electrons. The predicted molar refractivity (Wildman–Crippen MR) is 78.5 cm³/mol. The molecule has 1 aromatic rings. The zero-order valence-electron chi connectivity index (χ0n) is 13.2. The van der Waals surface area contributed by atoms with Gasteiger partial charge in [-0.2, -0.15) is 18.4 Å². The third-order valence-corrected chi connectivity index (χ3v) is 3.28. The Balaban J connectivity index is 2.72. The Morgan fingerprint density at radius 1 is 1.29 bits per heavy atom. The SMILES string of the molecule is COC(=O)[C@@H](C[C@@H](C)C#N)NC(=O)Cc1ccc(C(F)(F)F)cc1. The number of carbonyl (C=O) groups is 2. The van der Waals surface area contributed by atoms with E-state index in [1.807, 2.05) is 6.07 Å². The van der Waals surface area contributed by atoms with Crippen LogP contribution in [0.4, 0.5) is 13.2 Å². The third kappa shape index (κ3) is 5.91. The van der Waals surface area contributed by atoms with Crippen LogP contribution >= 0.6 is 0 Å². The van der Waals surface area contributed by atoms with E-state index in [2.05, 4.69) is 10.1 Å². The van der Waals surface area contributed by atoms with Crippen molar-refractivity contribution in [1.82, 2.24) is 5.32 Å². The highest BCUT2D eigenvalue weighted by molar-refractivity contribution is 5.85. The fraction of sp³-hybridized carbons (Fsp3) is 0.438. The number of benzene rings is 1. The van der Waals surface area contributed by atoms with Gasteiger partial charge in [-0.05, 0) is 31.0 Å². The molecule has 8 heteroatoms. The third-order valence-electron chi connectivity index (χ3n) is 3.28. The van der Waals surface area contributed by atoms with Crippen molar-refractivity contribution in [2.45, 2.75) is 32.0 Å². The molecule has 0 unspecified atom stereocenters. The van der Waals surface area contributed by atoms with E-state index in [1.54, 1.807) is 6.92 Å². The van der Waals surface area contributed by atoms with Crippen molar-refractivity contribution >= 4 is 11.9 Å². The van der Waals surface area contributed by atoms with Crippen molar-refractivity contribution in [2.24, 2.45) is 5.92 Å². The number of nitrogens with one attached hydrogen (secondary N) is 1. The minimum atomic E-state index is -4.44. The topological polar surface area (TPSA) is 79.2 Å². The summed E-state index contributed by atoms with van der Waals surface area (Å²) in [5.74, 6) is -1.70. The molecule has 0 aliphatic heterocycles. The number of nitriles is 1. The Morgan fingerprint density at radius 2 is 1.88 bits per heavy atom. The van der Waals surface area contributed by atoms with Crippen molar-refractivity contribution in [1.29, 1.82) is 5.26 Å². The first-order valence-corrected chi connectivity index (χ1v) is 7.10. The molecular weight excluding hydrogens is 325 g/mol. The van der Waals surface area contributed by atoms with E-state index in [4.69, 9.17) is 5.26 Å². The summed E-state index contributed by atoms with van der Waals surface area (Å²) in [5.41, 5.74) is -0.431. The number of hydrogen-bond donors (Lipinski definition) is 1. The van der Waals surface area contributed by atoms with Gasteiger partial charge in [0.1, 0.15) is 6.04 Å². The number of hydrogen-bond acceptors (Lipinski definition) is 4. The highest BCUT2D eigenvalue weighted by atomic mass is 19.4. The number of nitrogens with zero attached hydrogens (tertiary/aromatic N) is 1. The van der Waals surface area contributed by atoms with E-state index in [1.165, 1.54) is 12.1 Å². The average molecular weight is 342 g/mol. The van der Waals surface area contributed by atoms with Crippen LogP contribution in [0.15, 0.2) is 24.3 Å². The molecule has 0 fully saturated rings. The molecule has 0 saturated heterocycles. The van der Waals surface area contributed by atoms with Gasteiger partial charge in [0.2, 0.25) is 5.91 Å². The molecule has 2 atom stereocenters. The standard InChI is InChI=1S/C16H17F3N2O3/c1-10(9-20)7-13(15(23)24-2)21-14(22)8-11-3-5-12(6-4-11)16(17,18)19/h3-6,10,13H,7-8H2,1-2H3,(H,21,22)/t10-,13-/m1/s1. The van der Waals surface area contributed by atoms with Gasteiger partial charge < -0.3 is 10.1 Å². The minimum absolute atomic E-state index is 0.0852. The molecule has 1 aromatic carbocycles. The van der Waals surface area contributed by atoms with Crippen molar-refractivity contribution in [2.75, 3.05) is 7.11 Å². The number of alkyl halides is 3. The first-order chi connectivity index (χ1) is 11.2. The lowest BCUT2D eigenvalue weighted by atomic mass is 10.0. The van der Waals surface area contributed by atoms with Crippen molar-refractivity contribution in [3.05, 3.63) is 35.4 Å². The summed E-state index contributed by atoms with van der Waals surface area (Å²) in [6.07, 6.45) is -4.54. The summed E-state index contributed by atoms with van der Waals surface area (Å²) >= 11 is 0. The highest BCUT2D eigenvalue weighted by Crippen LogP contribution is 2.29. The van der Waals surface area contributed by atoms with Crippen LogP contribution < -0.4 is 5.32 Å². The van der Waals surface area contributed by atoms with Crippen molar-refractivity contribution in [3.8, 4) is 6.07 Å². The van der Waals surface area contributed by atoms with E-state index in [-0.39, 0.29) is 12.8 Å². The maximum absolute atomic E-state index is 12.5. The number of esters is 1. The second-order valence-electron chi connectivity index (χ2n) is 5.28. The molecule has 0 saturated carbocycles. The Bertz CT molecular complexity index is 621. The molecule has 0 aromatic heterocycles. The van der Waals surface area contributed by atoms with Gasteiger partial charge in [0.15, 0.2) is 0 Å². The summed E-state index contributed by atoms with van der Waals surface area (Å²) < 4.78 is 42.0. The molecule has 5 nitrogen and oxygen atoms in total. The lowest BCUT2D eigenvalue weighted by Gasteiger charge is -2.17. The minimum Gasteiger partial charge on any atom is -0.467 e. The first kappa shape index (κ1) is 19.5. The van der Waals surface area contributed by atoms with Crippen LogP contribution in [0.1, 0.15) is 24.5 Å². The van der Waals surface area contributed by atoms with E-state index in [0.717, 1.165) is 19.2 Å². The highest BCUT2D eigenvalue weighted by Gasteiger charge is 2.30. The molecule has 0 radical (unpaired) electrons. The summed E-state index contributed by atoms with van der Waals surface area (Å²) in [4.78, 5) is 23.6. The van der Waals surface area contributed by atoms with Crippen LogP contribution in [0.3, 0.4) is 0 Å². The van der Waals surface area contributed by atoms with Crippen LogP contribution in [0.2, 0.25) is 0 Å². The van der Waals surface area contributed by atoms with Crippen molar-refractivity contribution in [3.63, 3.8) is 0 Å². The lowest BCUT2D eigenvalue weighted by Crippen LogP contribution is -2.43. The van der Waals surface area contributed by atoms with E-state index in [9.17, 15) is 22.8 Å². The second kappa shape index (κ2) is 8.34. The zero-order valence-corrected chi connectivity index (χ0v) is 13.2. The largest absolute Gasteiger partial charge is 0.467 e. The number of halogens is 3.